The molecule has 2 N–H and O–H groups in total. The van der Waals surface area contributed by atoms with Gasteiger partial charge >= 0.3 is 0 Å². The number of halogens is 1. The van der Waals surface area contributed by atoms with E-state index in [4.69, 9.17) is 15.2 Å². The zero-order chi connectivity index (χ0) is 15.0. The lowest BCUT2D eigenvalue weighted by atomic mass is 10.1. The Morgan fingerprint density at radius 1 is 1.29 bits per heavy atom. The molecule has 0 aromatic heterocycles. The number of hydrogen-bond acceptors (Lipinski definition) is 5. The molecule has 1 fully saturated rings. The van der Waals surface area contributed by atoms with E-state index in [1.54, 1.807) is 6.07 Å². The fourth-order valence-electron chi connectivity index (χ4n) is 2.59. The van der Waals surface area contributed by atoms with Gasteiger partial charge < -0.3 is 15.2 Å². The van der Waals surface area contributed by atoms with Crippen LogP contribution in [0.5, 0.6) is 11.5 Å². The zero-order valence-corrected chi connectivity index (χ0v) is 13.8. The molecule has 0 saturated carbocycles. The van der Waals surface area contributed by atoms with E-state index < -0.39 is 10.0 Å². The number of nitrogens with two attached hydrogens (primary N) is 1. The van der Waals surface area contributed by atoms with Gasteiger partial charge in [-0.25, -0.2) is 8.42 Å². The molecule has 1 aromatic carbocycles. The van der Waals surface area contributed by atoms with Crippen LogP contribution in [0.25, 0.3) is 0 Å². The summed E-state index contributed by atoms with van der Waals surface area (Å²) in [6.07, 6.45) is 0.803. The molecule has 1 saturated heterocycles. The van der Waals surface area contributed by atoms with Gasteiger partial charge in [0.25, 0.3) is 0 Å². The molecule has 2 aliphatic heterocycles. The number of ether oxygens (including phenoxy) is 2. The number of benzene rings is 1. The summed E-state index contributed by atoms with van der Waals surface area (Å²) in [5.74, 6) is 1.27. The van der Waals surface area contributed by atoms with E-state index in [1.807, 2.05) is 0 Å². The Balaban J connectivity index is 1.95. The van der Waals surface area contributed by atoms with Gasteiger partial charge in [0.1, 0.15) is 18.1 Å². The first-order valence-corrected chi connectivity index (χ1v) is 9.05. The molecule has 2 aliphatic rings. The van der Waals surface area contributed by atoms with Crippen LogP contribution in [0.15, 0.2) is 21.5 Å². The van der Waals surface area contributed by atoms with E-state index in [1.165, 1.54) is 10.4 Å². The van der Waals surface area contributed by atoms with Gasteiger partial charge in [0.05, 0.1) is 0 Å². The molecule has 116 valence electrons. The highest BCUT2D eigenvalue weighted by Crippen LogP contribution is 2.39. The molecule has 0 spiro atoms. The van der Waals surface area contributed by atoms with Crippen LogP contribution in [-0.2, 0) is 10.0 Å². The second-order valence-corrected chi connectivity index (χ2v) is 7.94. The molecule has 0 bridgehead atoms. The maximum absolute atomic E-state index is 12.8. The van der Waals surface area contributed by atoms with Crippen LogP contribution in [0.4, 0.5) is 0 Å². The lowest BCUT2D eigenvalue weighted by Gasteiger charge is -2.22. The molecule has 0 amide bonds. The standard InChI is InChI=1S/C13H17BrN2O4S/c14-10-5-11-12(20-4-3-19-11)6-13(10)21(17,18)16-2-1-9(7-15)8-16/h5-6,9H,1-4,7-8,15H2. The first-order valence-electron chi connectivity index (χ1n) is 6.81. The van der Waals surface area contributed by atoms with Crippen molar-refractivity contribution in [1.82, 2.24) is 4.31 Å². The van der Waals surface area contributed by atoms with Crippen LogP contribution in [0.1, 0.15) is 6.42 Å². The minimum Gasteiger partial charge on any atom is -0.486 e. The second kappa shape index (κ2) is 5.75. The zero-order valence-electron chi connectivity index (χ0n) is 11.4. The van der Waals surface area contributed by atoms with Crippen LogP contribution in [-0.4, -0.2) is 45.6 Å². The topological polar surface area (TPSA) is 81.9 Å². The van der Waals surface area contributed by atoms with Crippen molar-refractivity contribution in [2.45, 2.75) is 11.3 Å². The highest BCUT2D eigenvalue weighted by Gasteiger charge is 2.34. The summed E-state index contributed by atoms with van der Waals surface area (Å²) < 4.78 is 38.4. The molecule has 3 rings (SSSR count). The Labute approximate surface area is 132 Å². The van der Waals surface area contributed by atoms with Crippen molar-refractivity contribution in [2.75, 3.05) is 32.8 Å². The minimum absolute atomic E-state index is 0.212. The molecule has 0 radical (unpaired) electrons. The van der Waals surface area contributed by atoms with Gasteiger partial charge in [0, 0.05) is 23.6 Å². The monoisotopic (exact) mass is 376 g/mol. The number of nitrogens with zero attached hydrogens (tertiary/aromatic N) is 1. The molecule has 1 aromatic rings. The molecule has 1 unspecified atom stereocenters. The van der Waals surface area contributed by atoms with E-state index in [-0.39, 0.29) is 10.8 Å². The Bertz CT molecular complexity index is 650. The summed E-state index contributed by atoms with van der Waals surface area (Å²) in [6.45, 7) is 2.38. The summed E-state index contributed by atoms with van der Waals surface area (Å²) in [5.41, 5.74) is 5.63. The van der Waals surface area contributed by atoms with E-state index in [9.17, 15) is 8.42 Å². The van der Waals surface area contributed by atoms with Crippen molar-refractivity contribution in [3.63, 3.8) is 0 Å². The van der Waals surface area contributed by atoms with Gasteiger partial charge in [-0.2, -0.15) is 4.31 Å². The Morgan fingerprint density at radius 3 is 2.57 bits per heavy atom. The van der Waals surface area contributed by atoms with Gasteiger partial charge in [-0.15, -0.1) is 0 Å². The highest BCUT2D eigenvalue weighted by molar-refractivity contribution is 9.10. The largest absolute Gasteiger partial charge is 0.486 e. The number of sulfonamides is 1. The second-order valence-electron chi connectivity index (χ2n) is 5.18. The average molecular weight is 377 g/mol. The third-order valence-electron chi connectivity index (χ3n) is 3.80. The predicted molar refractivity (Wildman–Crippen MR) is 81.1 cm³/mol. The van der Waals surface area contributed by atoms with Crippen molar-refractivity contribution < 1.29 is 17.9 Å². The molecule has 8 heteroatoms. The maximum atomic E-state index is 12.8. The van der Waals surface area contributed by atoms with Crippen molar-refractivity contribution >= 4 is 26.0 Å². The number of fused-ring (bicyclic) bond motifs is 1. The van der Waals surface area contributed by atoms with Gasteiger partial charge in [-0.1, -0.05) is 0 Å². The summed E-state index contributed by atoms with van der Waals surface area (Å²) in [6, 6.07) is 3.18. The number of rotatable bonds is 3. The normalized spacial score (nSPS) is 22.5. The molecule has 21 heavy (non-hydrogen) atoms. The molecular weight excluding hydrogens is 360 g/mol. The van der Waals surface area contributed by atoms with E-state index in [0.29, 0.717) is 48.8 Å². The van der Waals surface area contributed by atoms with Crippen molar-refractivity contribution in [1.29, 1.82) is 0 Å². The van der Waals surface area contributed by atoms with E-state index in [2.05, 4.69) is 15.9 Å². The summed E-state index contributed by atoms with van der Waals surface area (Å²) in [7, 11) is -3.55. The van der Waals surface area contributed by atoms with E-state index in [0.717, 1.165) is 6.42 Å². The Hall–Kier alpha value is -0.830. The lowest BCUT2D eigenvalue weighted by molar-refractivity contribution is 0.171. The van der Waals surface area contributed by atoms with Gasteiger partial charge in [-0.05, 0) is 40.9 Å². The minimum atomic E-state index is -3.55. The first kappa shape index (κ1) is 15.1. The van der Waals surface area contributed by atoms with Crippen molar-refractivity contribution in [2.24, 2.45) is 11.7 Å². The van der Waals surface area contributed by atoms with Crippen LogP contribution in [0.2, 0.25) is 0 Å². The first-order chi connectivity index (χ1) is 10.0. The highest BCUT2D eigenvalue weighted by atomic mass is 79.9. The fourth-order valence-corrected chi connectivity index (χ4v) is 5.12. The molecule has 1 atom stereocenters. The van der Waals surface area contributed by atoms with Crippen molar-refractivity contribution in [3.8, 4) is 11.5 Å². The van der Waals surface area contributed by atoms with E-state index >= 15 is 0 Å². The van der Waals surface area contributed by atoms with Crippen LogP contribution >= 0.6 is 15.9 Å². The molecular formula is C13H17BrN2O4S. The molecule has 6 nitrogen and oxygen atoms in total. The summed E-state index contributed by atoms with van der Waals surface area (Å²) in [4.78, 5) is 0.212. The smallest absolute Gasteiger partial charge is 0.244 e. The third-order valence-corrected chi connectivity index (χ3v) is 6.62. The Morgan fingerprint density at radius 2 is 1.95 bits per heavy atom. The predicted octanol–water partition coefficient (Wildman–Crippen LogP) is 1.19. The van der Waals surface area contributed by atoms with Gasteiger partial charge in [-0.3, -0.25) is 0 Å². The quantitative estimate of drug-likeness (QED) is 0.856. The molecule has 2 heterocycles. The van der Waals surface area contributed by atoms with Crippen LogP contribution < -0.4 is 15.2 Å². The maximum Gasteiger partial charge on any atom is 0.244 e. The average Bonchev–Trinajstić information content (AvgIpc) is 2.96. The van der Waals surface area contributed by atoms with Crippen LogP contribution in [0.3, 0.4) is 0 Å². The van der Waals surface area contributed by atoms with Gasteiger partial charge in [0.15, 0.2) is 11.5 Å². The summed E-state index contributed by atoms with van der Waals surface area (Å²) >= 11 is 3.32. The molecule has 0 aliphatic carbocycles. The lowest BCUT2D eigenvalue weighted by Crippen LogP contribution is -2.30. The number of hydrogen-bond donors (Lipinski definition) is 1. The third kappa shape index (κ3) is 2.77. The fraction of sp³-hybridized carbons (Fsp3) is 0.538. The Kier molecular flexibility index (Phi) is 4.13. The summed E-state index contributed by atoms with van der Waals surface area (Å²) in [5, 5.41) is 0. The SMILES string of the molecule is NCC1CCN(S(=O)(=O)c2cc3c(cc2Br)OCCO3)C1. The van der Waals surface area contributed by atoms with Crippen LogP contribution in [0, 0.1) is 5.92 Å². The van der Waals surface area contributed by atoms with Gasteiger partial charge in [0.2, 0.25) is 10.0 Å². The van der Waals surface area contributed by atoms with Crippen molar-refractivity contribution in [3.05, 3.63) is 16.6 Å².